The SMILES string of the molecule is COc1ccc([C@@H]2NCCc3c2[nH]c2ccc(Cl)cc32)cc1. The van der Waals surface area contributed by atoms with Crippen molar-refractivity contribution in [1.82, 2.24) is 10.3 Å². The van der Waals surface area contributed by atoms with Crippen LogP contribution in [-0.4, -0.2) is 18.6 Å². The summed E-state index contributed by atoms with van der Waals surface area (Å²) in [6.07, 6.45) is 1.02. The molecular formula is C18H17ClN2O. The molecule has 112 valence electrons. The molecule has 3 nitrogen and oxygen atoms in total. The van der Waals surface area contributed by atoms with Gasteiger partial charge < -0.3 is 15.0 Å². The molecule has 0 saturated carbocycles. The molecule has 3 aromatic rings. The Labute approximate surface area is 134 Å². The van der Waals surface area contributed by atoms with E-state index in [1.165, 1.54) is 22.2 Å². The minimum Gasteiger partial charge on any atom is -0.497 e. The van der Waals surface area contributed by atoms with Gasteiger partial charge in [0.05, 0.1) is 13.2 Å². The van der Waals surface area contributed by atoms with Crippen molar-refractivity contribution < 1.29 is 4.74 Å². The van der Waals surface area contributed by atoms with Crippen molar-refractivity contribution in [2.75, 3.05) is 13.7 Å². The normalized spacial score (nSPS) is 17.5. The van der Waals surface area contributed by atoms with E-state index in [9.17, 15) is 0 Å². The standard InChI is InChI=1S/C18H17ClN2O/c1-22-13-5-2-11(3-6-13)17-18-14(8-9-20-17)15-10-12(19)4-7-16(15)21-18/h2-7,10,17,20-21H,8-9H2,1H3/t17-/m0/s1. The van der Waals surface area contributed by atoms with Crippen LogP contribution in [0.15, 0.2) is 42.5 Å². The number of aromatic nitrogens is 1. The Morgan fingerprint density at radius 2 is 1.95 bits per heavy atom. The number of methoxy groups -OCH3 is 1. The monoisotopic (exact) mass is 312 g/mol. The molecule has 0 saturated heterocycles. The number of nitrogens with one attached hydrogen (secondary N) is 2. The molecule has 0 unspecified atom stereocenters. The van der Waals surface area contributed by atoms with Crippen LogP contribution in [0.5, 0.6) is 5.75 Å². The third-order valence-corrected chi connectivity index (χ3v) is 4.60. The fraction of sp³-hybridized carbons (Fsp3) is 0.222. The van der Waals surface area contributed by atoms with Crippen molar-refractivity contribution in [2.24, 2.45) is 0 Å². The van der Waals surface area contributed by atoms with Gasteiger partial charge in [-0.2, -0.15) is 0 Å². The van der Waals surface area contributed by atoms with Crippen LogP contribution in [0.3, 0.4) is 0 Å². The van der Waals surface area contributed by atoms with Crippen molar-refractivity contribution in [3.8, 4) is 5.75 Å². The fourth-order valence-electron chi connectivity index (χ4n) is 3.28. The van der Waals surface area contributed by atoms with Crippen LogP contribution in [0.25, 0.3) is 10.9 Å². The maximum atomic E-state index is 6.16. The molecule has 4 heteroatoms. The Kier molecular flexibility index (Phi) is 3.32. The highest BCUT2D eigenvalue weighted by atomic mass is 35.5. The zero-order chi connectivity index (χ0) is 15.1. The second-order valence-corrected chi connectivity index (χ2v) is 6.05. The summed E-state index contributed by atoms with van der Waals surface area (Å²) in [4.78, 5) is 3.57. The van der Waals surface area contributed by atoms with Crippen molar-refractivity contribution in [2.45, 2.75) is 12.5 Å². The lowest BCUT2D eigenvalue weighted by molar-refractivity contribution is 0.414. The number of ether oxygens (including phenoxy) is 1. The molecule has 4 rings (SSSR count). The van der Waals surface area contributed by atoms with Crippen LogP contribution in [0.4, 0.5) is 0 Å². The Balaban J connectivity index is 1.82. The molecule has 1 atom stereocenters. The summed E-state index contributed by atoms with van der Waals surface area (Å²) in [7, 11) is 1.69. The largest absolute Gasteiger partial charge is 0.497 e. The van der Waals surface area contributed by atoms with Gasteiger partial charge in [0.15, 0.2) is 0 Å². The summed E-state index contributed by atoms with van der Waals surface area (Å²) in [5, 5.41) is 5.62. The van der Waals surface area contributed by atoms with Gasteiger partial charge in [-0.05, 0) is 47.9 Å². The number of rotatable bonds is 2. The van der Waals surface area contributed by atoms with Crippen LogP contribution in [0, 0.1) is 0 Å². The Hall–Kier alpha value is -1.97. The summed E-state index contributed by atoms with van der Waals surface area (Å²) in [6.45, 7) is 0.961. The average molecular weight is 313 g/mol. The maximum Gasteiger partial charge on any atom is 0.118 e. The highest BCUT2D eigenvalue weighted by Gasteiger charge is 2.25. The first-order chi connectivity index (χ1) is 10.8. The molecule has 2 heterocycles. The number of halogens is 1. The number of hydrogen-bond donors (Lipinski definition) is 2. The molecule has 0 bridgehead atoms. The van der Waals surface area contributed by atoms with E-state index in [1.54, 1.807) is 7.11 Å². The zero-order valence-electron chi connectivity index (χ0n) is 12.3. The first kappa shape index (κ1) is 13.7. The van der Waals surface area contributed by atoms with Crippen LogP contribution in [-0.2, 0) is 6.42 Å². The predicted molar refractivity (Wildman–Crippen MR) is 89.9 cm³/mol. The minimum atomic E-state index is 0.181. The Bertz CT molecular complexity index is 823. The molecule has 2 aromatic carbocycles. The average Bonchev–Trinajstić information content (AvgIpc) is 2.93. The smallest absolute Gasteiger partial charge is 0.118 e. The van der Waals surface area contributed by atoms with E-state index in [4.69, 9.17) is 16.3 Å². The van der Waals surface area contributed by atoms with Gasteiger partial charge in [-0.3, -0.25) is 0 Å². The molecule has 0 aliphatic carbocycles. The molecule has 0 spiro atoms. The van der Waals surface area contributed by atoms with Gasteiger partial charge >= 0.3 is 0 Å². The quantitative estimate of drug-likeness (QED) is 0.748. The molecule has 1 aromatic heterocycles. The van der Waals surface area contributed by atoms with Gasteiger partial charge in [-0.15, -0.1) is 0 Å². The molecule has 1 aliphatic rings. The zero-order valence-corrected chi connectivity index (χ0v) is 13.1. The molecule has 0 amide bonds. The van der Waals surface area contributed by atoms with Crippen LogP contribution in [0.2, 0.25) is 5.02 Å². The predicted octanol–water partition coefficient (Wildman–Crippen LogP) is 4.07. The first-order valence-electron chi connectivity index (χ1n) is 7.43. The van der Waals surface area contributed by atoms with E-state index in [0.717, 1.165) is 29.3 Å². The van der Waals surface area contributed by atoms with E-state index in [0.29, 0.717) is 0 Å². The lowest BCUT2D eigenvalue weighted by atomic mass is 9.94. The number of benzene rings is 2. The second-order valence-electron chi connectivity index (χ2n) is 5.62. The lowest BCUT2D eigenvalue weighted by Gasteiger charge is -2.25. The fourth-order valence-corrected chi connectivity index (χ4v) is 3.45. The number of aromatic amines is 1. The van der Waals surface area contributed by atoms with Gasteiger partial charge in [0.2, 0.25) is 0 Å². The van der Waals surface area contributed by atoms with Crippen molar-refractivity contribution in [3.63, 3.8) is 0 Å². The van der Waals surface area contributed by atoms with Gasteiger partial charge in [0.25, 0.3) is 0 Å². The Morgan fingerprint density at radius 3 is 2.73 bits per heavy atom. The summed E-state index contributed by atoms with van der Waals surface area (Å²) in [6, 6.07) is 14.5. The van der Waals surface area contributed by atoms with Crippen molar-refractivity contribution in [3.05, 3.63) is 64.3 Å². The minimum absolute atomic E-state index is 0.181. The van der Waals surface area contributed by atoms with E-state index >= 15 is 0 Å². The maximum absolute atomic E-state index is 6.16. The lowest BCUT2D eigenvalue weighted by Crippen LogP contribution is -2.30. The van der Waals surface area contributed by atoms with Crippen LogP contribution < -0.4 is 10.1 Å². The van der Waals surface area contributed by atoms with Gasteiger partial charge in [-0.25, -0.2) is 0 Å². The van der Waals surface area contributed by atoms with E-state index in [2.05, 4.69) is 34.6 Å². The number of hydrogen-bond acceptors (Lipinski definition) is 2. The van der Waals surface area contributed by atoms with Gasteiger partial charge in [-0.1, -0.05) is 23.7 Å². The second kappa shape index (κ2) is 5.34. The topological polar surface area (TPSA) is 37.0 Å². The number of H-pyrrole nitrogens is 1. The van der Waals surface area contributed by atoms with Gasteiger partial charge in [0, 0.05) is 28.2 Å². The third kappa shape index (κ3) is 2.18. The van der Waals surface area contributed by atoms with Crippen molar-refractivity contribution >= 4 is 22.5 Å². The van der Waals surface area contributed by atoms with Crippen LogP contribution >= 0.6 is 11.6 Å². The number of fused-ring (bicyclic) bond motifs is 3. The van der Waals surface area contributed by atoms with Gasteiger partial charge in [0.1, 0.15) is 5.75 Å². The van der Waals surface area contributed by atoms with E-state index in [-0.39, 0.29) is 6.04 Å². The summed E-state index contributed by atoms with van der Waals surface area (Å²) in [5.41, 5.74) is 5.00. The molecule has 1 aliphatic heterocycles. The molecule has 0 fully saturated rings. The highest BCUT2D eigenvalue weighted by Crippen LogP contribution is 2.34. The molecule has 22 heavy (non-hydrogen) atoms. The highest BCUT2D eigenvalue weighted by molar-refractivity contribution is 6.31. The summed E-state index contributed by atoms with van der Waals surface area (Å²) >= 11 is 6.16. The van der Waals surface area contributed by atoms with E-state index < -0.39 is 0 Å². The van der Waals surface area contributed by atoms with Crippen molar-refractivity contribution in [1.29, 1.82) is 0 Å². The third-order valence-electron chi connectivity index (χ3n) is 4.36. The molecule has 2 N–H and O–H groups in total. The summed E-state index contributed by atoms with van der Waals surface area (Å²) in [5.74, 6) is 0.878. The Morgan fingerprint density at radius 1 is 1.14 bits per heavy atom. The van der Waals surface area contributed by atoms with Crippen LogP contribution in [0.1, 0.15) is 22.9 Å². The molecular weight excluding hydrogens is 296 g/mol. The van der Waals surface area contributed by atoms with E-state index in [1.807, 2.05) is 18.2 Å². The summed E-state index contributed by atoms with van der Waals surface area (Å²) < 4.78 is 5.24. The first-order valence-corrected chi connectivity index (χ1v) is 7.81. The molecule has 0 radical (unpaired) electrons.